The molecule has 0 unspecified atom stereocenters. The molecular weight excluding hydrogens is 484 g/mol. The van der Waals surface area contributed by atoms with Crippen LogP contribution >= 0.6 is 0 Å². The molecule has 3 rings (SSSR count). The Labute approximate surface area is 222 Å². The Balaban J connectivity index is 1.80. The number of nitrogens with one attached hydrogen (secondary N) is 2. The highest BCUT2D eigenvalue weighted by Crippen LogP contribution is 2.30. The number of hydrogen-bond donors (Lipinski definition) is 2. The summed E-state index contributed by atoms with van der Waals surface area (Å²) in [5.41, 5.74) is 6.81. The average Bonchev–Trinajstić information content (AvgIpc) is 2.90. The third-order valence-corrected chi connectivity index (χ3v) is 5.65. The summed E-state index contributed by atoms with van der Waals surface area (Å²) in [7, 11) is 1.39. The number of aryl methyl sites for hydroxylation is 2. The topological polar surface area (TPSA) is 119 Å². The summed E-state index contributed by atoms with van der Waals surface area (Å²) in [6.07, 6.45) is 1.35. The van der Waals surface area contributed by atoms with E-state index in [1.54, 1.807) is 13.8 Å². The molecule has 0 bridgehead atoms. The molecule has 2 N–H and O–H groups in total. The number of hydrogen-bond acceptors (Lipinski definition) is 7. The van der Waals surface area contributed by atoms with Crippen LogP contribution in [0.4, 0.5) is 0 Å². The van der Waals surface area contributed by atoms with Crippen LogP contribution in [0.1, 0.15) is 53.5 Å². The summed E-state index contributed by atoms with van der Waals surface area (Å²) < 4.78 is 10.6. The Bertz CT molecular complexity index is 1280. The summed E-state index contributed by atoms with van der Waals surface area (Å²) in [5, 5.41) is 6.97. The zero-order valence-electron chi connectivity index (χ0n) is 22.4. The minimum absolute atomic E-state index is 0.113. The molecule has 0 radical (unpaired) electrons. The predicted molar refractivity (Wildman–Crippen MR) is 144 cm³/mol. The van der Waals surface area contributed by atoms with Crippen molar-refractivity contribution in [2.24, 2.45) is 11.0 Å². The van der Waals surface area contributed by atoms with E-state index in [0.29, 0.717) is 5.71 Å². The van der Waals surface area contributed by atoms with E-state index >= 15 is 0 Å². The zero-order chi connectivity index (χ0) is 27.8. The van der Waals surface area contributed by atoms with Crippen LogP contribution in [-0.2, 0) is 9.59 Å². The predicted octanol–water partition coefficient (Wildman–Crippen LogP) is 3.96. The molecular formula is C29H32N4O5. The quantitative estimate of drug-likeness (QED) is 0.253. The first-order chi connectivity index (χ1) is 18.1. The van der Waals surface area contributed by atoms with Crippen LogP contribution in [0.3, 0.4) is 0 Å². The van der Waals surface area contributed by atoms with Crippen molar-refractivity contribution in [2.45, 2.75) is 40.7 Å². The molecule has 1 atom stereocenters. The van der Waals surface area contributed by atoms with Gasteiger partial charge >= 0.3 is 5.97 Å². The maximum Gasteiger partial charge on any atom is 0.313 e. The average molecular weight is 517 g/mol. The maximum atomic E-state index is 13.0. The molecule has 0 aliphatic rings. The number of ether oxygens (including phenoxy) is 2. The van der Waals surface area contributed by atoms with Gasteiger partial charge in [0.1, 0.15) is 6.04 Å². The Morgan fingerprint density at radius 1 is 0.868 bits per heavy atom. The summed E-state index contributed by atoms with van der Waals surface area (Å²) in [5.74, 6) is -2.18. The second-order valence-electron chi connectivity index (χ2n) is 9.13. The SMILES string of the molecule is COc1ccnc(C(=O)N[C@@H](C)C(=O)NN=C(c2ccc(C)cc2)c2ccc(C)cc2)c1OC(=O)C(C)C. The van der Waals surface area contributed by atoms with Crippen LogP contribution in [0.25, 0.3) is 0 Å². The van der Waals surface area contributed by atoms with Gasteiger partial charge in [-0.3, -0.25) is 14.4 Å². The summed E-state index contributed by atoms with van der Waals surface area (Å²) in [4.78, 5) is 42.1. The summed E-state index contributed by atoms with van der Waals surface area (Å²) in [6.45, 7) is 8.83. The number of hydrazone groups is 1. The Hall–Kier alpha value is -4.53. The van der Waals surface area contributed by atoms with Crippen molar-refractivity contribution in [3.05, 3.63) is 88.7 Å². The lowest BCUT2D eigenvalue weighted by Gasteiger charge is -2.16. The molecule has 0 saturated heterocycles. The Morgan fingerprint density at radius 3 is 1.92 bits per heavy atom. The molecule has 38 heavy (non-hydrogen) atoms. The van der Waals surface area contributed by atoms with Gasteiger partial charge in [0.2, 0.25) is 5.75 Å². The van der Waals surface area contributed by atoms with Crippen molar-refractivity contribution in [3.8, 4) is 11.5 Å². The first-order valence-electron chi connectivity index (χ1n) is 12.2. The van der Waals surface area contributed by atoms with Crippen LogP contribution in [0.5, 0.6) is 11.5 Å². The maximum absolute atomic E-state index is 13.0. The standard InChI is InChI=1S/C29H32N4O5/c1-17(2)29(36)38-26-23(37-6)15-16-30-25(26)28(35)31-20(5)27(34)33-32-24(21-11-7-18(3)8-12-21)22-13-9-19(4)10-14-22/h7-17,20H,1-6H3,(H,31,35)(H,33,34)/t20-/m0/s1. The van der Waals surface area contributed by atoms with Crippen molar-refractivity contribution in [1.82, 2.24) is 15.7 Å². The number of esters is 1. The number of benzene rings is 2. The molecule has 0 saturated carbocycles. The van der Waals surface area contributed by atoms with Gasteiger partial charge in [0.15, 0.2) is 11.4 Å². The number of carbonyl (C=O) groups is 3. The molecule has 2 amide bonds. The van der Waals surface area contributed by atoms with Crippen molar-refractivity contribution < 1.29 is 23.9 Å². The van der Waals surface area contributed by atoms with E-state index in [2.05, 4.69) is 20.8 Å². The van der Waals surface area contributed by atoms with E-state index in [1.165, 1.54) is 26.3 Å². The smallest absolute Gasteiger partial charge is 0.313 e. The molecule has 9 nitrogen and oxygen atoms in total. The molecule has 198 valence electrons. The Morgan fingerprint density at radius 2 is 1.42 bits per heavy atom. The largest absolute Gasteiger partial charge is 0.493 e. The highest BCUT2D eigenvalue weighted by molar-refractivity contribution is 6.13. The zero-order valence-corrected chi connectivity index (χ0v) is 22.4. The number of aromatic nitrogens is 1. The van der Waals surface area contributed by atoms with Crippen LogP contribution in [-0.4, -0.2) is 41.6 Å². The van der Waals surface area contributed by atoms with Gasteiger partial charge in [0, 0.05) is 23.4 Å². The van der Waals surface area contributed by atoms with E-state index in [1.807, 2.05) is 62.4 Å². The second-order valence-corrected chi connectivity index (χ2v) is 9.13. The molecule has 2 aromatic carbocycles. The van der Waals surface area contributed by atoms with Gasteiger partial charge in [0.05, 0.1) is 18.7 Å². The van der Waals surface area contributed by atoms with Crippen LogP contribution in [0.15, 0.2) is 65.9 Å². The van der Waals surface area contributed by atoms with Gasteiger partial charge in [-0.1, -0.05) is 73.5 Å². The fourth-order valence-corrected chi connectivity index (χ4v) is 3.33. The first kappa shape index (κ1) is 28.0. The van der Waals surface area contributed by atoms with Crippen molar-refractivity contribution in [3.63, 3.8) is 0 Å². The van der Waals surface area contributed by atoms with Crippen molar-refractivity contribution >= 4 is 23.5 Å². The van der Waals surface area contributed by atoms with Crippen molar-refractivity contribution in [1.29, 1.82) is 0 Å². The molecule has 1 heterocycles. The highest BCUT2D eigenvalue weighted by Gasteiger charge is 2.25. The fraction of sp³-hybridized carbons (Fsp3) is 0.276. The van der Waals surface area contributed by atoms with Gasteiger partial charge in [0.25, 0.3) is 11.8 Å². The lowest BCUT2D eigenvalue weighted by Crippen LogP contribution is -2.44. The van der Waals surface area contributed by atoms with Crippen molar-refractivity contribution in [2.75, 3.05) is 7.11 Å². The lowest BCUT2D eigenvalue weighted by molar-refractivity contribution is -0.137. The molecule has 1 aromatic heterocycles. The van der Waals surface area contributed by atoms with E-state index in [9.17, 15) is 14.4 Å². The Kier molecular flexibility index (Phi) is 9.32. The third kappa shape index (κ3) is 7.03. The molecule has 0 fully saturated rings. The monoisotopic (exact) mass is 516 g/mol. The van der Waals surface area contributed by atoms with E-state index in [4.69, 9.17) is 9.47 Å². The van der Waals surface area contributed by atoms with Crippen LogP contribution in [0.2, 0.25) is 0 Å². The summed E-state index contributed by atoms with van der Waals surface area (Å²) in [6, 6.07) is 16.1. The number of rotatable bonds is 9. The molecule has 0 spiro atoms. The number of nitrogens with zero attached hydrogens (tertiary/aromatic N) is 2. The third-order valence-electron chi connectivity index (χ3n) is 5.65. The second kappa shape index (κ2) is 12.6. The van der Waals surface area contributed by atoms with E-state index in [0.717, 1.165) is 22.3 Å². The number of pyridine rings is 1. The van der Waals surface area contributed by atoms with Gasteiger partial charge in [-0.05, 0) is 20.8 Å². The molecule has 0 aliphatic heterocycles. The van der Waals surface area contributed by atoms with Gasteiger partial charge in [-0.25, -0.2) is 10.4 Å². The lowest BCUT2D eigenvalue weighted by atomic mass is 10.0. The fourth-order valence-electron chi connectivity index (χ4n) is 3.33. The summed E-state index contributed by atoms with van der Waals surface area (Å²) >= 11 is 0. The molecule has 3 aromatic rings. The minimum atomic E-state index is -0.981. The van der Waals surface area contributed by atoms with Gasteiger partial charge in [-0.15, -0.1) is 0 Å². The van der Waals surface area contributed by atoms with Gasteiger partial charge < -0.3 is 14.8 Å². The first-order valence-corrected chi connectivity index (χ1v) is 12.2. The van der Waals surface area contributed by atoms with Crippen LogP contribution < -0.4 is 20.2 Å². The van der Waals surface area contributed by atoms with E-state index < -0.39 is 29.7 Å². The molecule has 0 aliphatic carbocycles. The normalized spacial score (nSPS) is 11.3. The number of carbonyl (C=O) groups excluding carboxylic acids is 3. The highest BCUT2D eigenvalue weighted by atomic mass is 16.6. The number of methoxy groups -OCH3 is 1. The molecule has 9 heteroatoms. The van der Waals surface area contributed by atoms with Gasteiger partial charge in [-0.2, -0.15) is 5.10 Å². The number of amides is 2. The minimum Gasteiger partial charge on any atom is -0.493 e. The van der Waals surface area contributed by atoms with Crippen LogP contribution in [0, 0.1) is 19.8 Å². The van der Waals surface area contributed by atoms with E-state index in [-0.39, 0.29) is 17.2 Å².